The molecule has 0 aromatic carbocycles. The maximum Gasteiger partial charge on any atom is 0.0949 e. The van der Waals surface area contributed by atoms with E-state index in [4.69, 9.17) is 5.53 Å². The van der Waals surface area contributed by atoms with E-state index < -0.39 is 0 Å². The molecule has 0 amide bonds. The summed E-state index contributed by atoms with van der Waals surface area (Å²) in [5.41, 5.74) is 8.11. The van der Waals surface area contributed by atoms with Crippen molar-refractivity contribution >= 4 is 0 Å². The molecule has 2 unspecified atom stereocenters. The molecule has 54 valence electrons. The number of hydrogen-bond donors (Lipinski definition) is 1. The van der Waals surface area contributed by atoms with E-state index in [9.17, 15) is 0 Å². The first kappa shape index (κ1) is 7.19. The summed E-state index contributed by atoms with van der Waals surface area (Å²) in [6, 6.07) is 0.0729. The molecule has 0 heterocycles. The molecule has 0 radical (unpaired) electrons. The van der Waals surface area contributed by atoms with Crippen LogP contribution in [0.4, 0.5) is 0 Å². The zero-order valence-corrected chi connectivity index (χ0v) is 6.33. The number of hydrogen-bond acceptors (Lipinski definition) is 2. The third kappa shape index (κ3) is 1.32. The van der Waals surface area contributed by atoms with Crippen LogP contribution in [0.5, 0.6) is 0 Å². The van der Waals surface area contributed by atoms with Gasteiger partial charge in [-0.3, -0.25) is 0 Å². The van der Waals surface area contributed by atoms with Gasteiger partial charge in [-0.05, 0) is 6.92 Å². The Bertz CT molecular complexity index is 191. The molecule has 1 aliphatic rings. The molecule has 0 saturated heterocycles. The average molecular weight is 136 g/mol. The Labute approximate surface area is 61.1 Å². The first-order valence-corrected chi connectivity index (χ1v) is 3.47. The van der Waals surface area contributed by atoms with Gasteiger partial charge in [0.2, 0.25) is 0 Å². The fourth-order valence-electron chi connectivity index (χ4n) is 1.16. The molecular weight excluding hydrogens is 124 g/mol. The maximum atomic E-state index is 6.84. The second-order valence-corrected chi connectivity index (χ2v) is 2.75. The van der Waals surface area contributed by atoms with E-state index in [1.807, 2.05) is 12.2 Å². The van der Waals surface area contributed by atoms with E-state index in [-0.39, 0.29) is 6.04 Å². The zero-order valence-electron chi connectivity index (χ0n) is 6.33. The van der Waals surface area contributed by atoms with Crippen LogP contribution in [-0.4, -0.2) is 6.04 Å². The number of nitrogens with zero attached hydrogens (tertiary/aromatic N) is 1. The van der Waals surface area contributed by atoms with E-state index >= 15 is 0 Å². The molecule has 2 heteroatoms. The Hall–Kier alpha value is -0.920. The molecule has 0 saturated carbocycles. The number of allylic oxidation sites excluding steroid dienone is 2. The van der Waals surface area contributed by atoms with Gasteiger partial charge < -0.3 is 0 Å². The van der Waals surface area contributed by atoms with Crippen molar-refractivity contribution in [1.82, 2.24) is 0 Å². The fraction of sp³-hybridized carbons (Fsp3) is 0.500. The van der Waals surface area contributed by atoms with Gasteiger partial charge in [0.15, 0.2) is 0 Å². The molecule has 0 aromatic heterocycles. The lowest BCUT2D eigenvalue weighted by atomic mass is 9.94. The van der Waals surface area contributed by atoms with Gasteiger partial charge in [0.05, 0.1) is 6.04 Å². The summed E-state index contributed by atoms with van der Waals surface area (Å²) in [5.74, 6) is 0.391. The van der Waals surface area contributed by atoms with Crippen LogP contribution in [0.3, 0.4) is 0 Å². The van der Waals surface area contributed by atoms with E-state index in [1.165, 1.54) is 5.57 Å². The summed E-state index contributed by atoms with van der Waals surface area (Å²) in [5, 5.41) is 3.48. The molecule has 0 bridgehead atoms. The topological polar surface area (TPSA) is 36.2 Å². The molecule has 0 spiro atoms. The van der Waals surface area contributed by atoms with Crippen molar-refractivity contribution in [2.24, 2.45) is 11.0 Å². The zero-order chi connectivity index (χ0) is 7.56. The van der Waals surface area contributed by atoms with Gasteiger partial charge in [-0.2, -0.15) is 5.11 Å². The van der Waals surface area contributed by atoms with Crippen molar-refractivity contribution in [2.75, 3.05) is 0 Å². The molecule has 2 nitrogen and oxygen atoms in total. The summed E-state index contributed by atoms with van der Waals surface area (Å²) < 4.78 is 0. The van der Waals surface area contributed by atoms with Crippen LogP contribution in [0.25, 0.3) is 0 Å². The standard InChI is InChI=1S/C8H12N2/c1-6-3-4-8(10-9)7(2)5-6/h3-5,7-9H,1-2H3. The lowest BCUT2D eigenvalue weighted by Crippen LogP contribution is -2.12. The molecule has 0 aliphatic heterocycles. The SMILES string of the molecule is CC1=CC(C)C(N=N)C=C1. The molecule has 2 atom stereocenters. The smallest absolute Gasteiger partial charge is 0.0949 e. The van der Waals surface area contributed by atoms with Gasteiger partial charge in [-0.15, -0.1) is 0 Å². The highest BCUT2D eigenvalue weighted by Gasteiger charge is 2.13. The first-order valence-electron chi connectivity index (χ1n) is 3.47. The Morgan fingerprint density at radius 3 is 2.80 bits per heavy atom. The van der Waals surface area contributed by atoms with Crippen molar-refractivity contribution < 1.29 is 0 Å². The molecule has 0 aromatic rings. The van der Waals surface area contributed by atoms with Gasteiger partial charge in [0.1, 0.15) is 0 Å². The minimum Gasteiger partial charge on any atom is -0.209 e. The second-order valence-electron chi connectivity index (χ2n) is 2.75. The van der Waals surface area contributed by atoms with Crippen molar-refractivity contribution in [3.63, 3.8) is 0 Å². The fourth-order valence-corrected chi connectivity index (χ4v) is 1.16. The van der Waals surface area contributed by atoms with Gasteiger partial charge in [0, 0.05) is 5.92 Å². The van der Waals surface area contributed by atoms with Crippen molar-refractivity contribution in [1.29, 1.82) is 5.53 Å². The van der Waals surface area contributed by atoms with Crippen LogP contribution in [0.1, 0.15) is 13.8 Å². The molecule has 1 aliphatic carbocycles. The Balaban J connectivity index is 2.73. The second kappa shape index (κ2) is 2.78. The summed E-state index contributed by atoms with van der Waals surface area (Å²) in [7, 11) is 0. The van der Waals surface area contributed by atoms with Crippen LogP contribution in [-0.2, 0) is 0 Å². The van der Waals surface area contributed by atoms with E-state index in [0.717, 1.165) is 0 Å². The Morgan fingerprint density at radius 1 is 1.60 bits per heavy atom. The molecular formula is C8H12N2. The predicted octanol–water partition coefficient (Wildman–Crippen LogP) is 2.54. The van der Waals surface area contributed by atoms with Crippen LogP contribution in [0, 0.1) is 11.4 Å². The summed E-state index contributed by atoms with van der Waals surface area (Å²) in [6.07, 6.45) is 6.14. The third-order valence-electron chi connectivity index (χ3n) is 1.77. The minimum absolute atomic E-state index is 0.0729. The Kier molecular flexibility index (Phi) is 2.00. The lowest BCUT2D eigenvalue weighted by molar-refractivity contribution is 0.586. The van der Waals surface area contributed by atoms with Crippen molar-refractivity contribution in [2.45, 2.75) is 19.9 Å². The van der Waals surface area contributed by atoms with Crippen LogP contribution in [0.15, 0.2) is 28.9 Å². The summed E-state index contributed by atoms with van der Waals surface area (Å²) >= 11 is 0. The van der Waals surface area contributed by atoms with Crippen LogP contribution < -0.4 is 0 Å². The monoisotopic (exact) mass is 136 g/mol. The summed E-state index contributed by atoms with van der Waals surface area (Å²) in [4.78, 5) is 0. The highest BCUT2D eigenvalue weighted by Crippen LogP contribution is 2.18. The molecule has 10 heavy (non-hydrogen) atoms. The van der Waals surface area contributed by atoms with Crippen molar-refractivity contribution in [3.05, 3.63) is 23.8 Å². The van der Waals surface area contributed by atoms with Gasteiger partial charge in [-0.1, -0.05) is 30.7 Å². The molecule has 0 fully saturated rings. The minimum atomic E-state index is 0.0729. The highest BCUT2D eigenvalue weighted by molar-refractivity contribution is 5.24. The first-order chi connectivity index (χ1) is 4.74. The normalized spacial score (nSPS) is 31.6. The van der Waals surface area contributed by atoms with Gasteiger partial charge in [0.25, 0.3) is 0 Å². The van der Waals surface area contributed by atoms with Crippen molar-refractivity contribution in [3.8, 4) is 0 Å². The van der Waals surface area contributed by atoms with E-state index in [0.29, 0.717) is 5.92 Å². The maximum absolute atomic E-state index is 6.84. The number of nitrogens with one attached hydrogen (secondary N) is 1. The van der Waals surface area contributed by atoms with Crippen LogP contribution in [0.2, 0.25) is 0 Å². The van der Waals surface area contributed by atoms with Gasteiger partial charge >= 0.3 is 0 Å². The van der Waals surface area contributed by atoms with Crippen LogP contribution >= 0.6 is 0 Å². The molecule has 1 rings (SSSR count). The number of rotatable bonds is 1. The Morgan fingerprint density at radius 2 is 2.30 bits per heavy atom. The van der Waals surface area contributed by atoms with E-state index in [2.05, 4.69) is 25.0 Å². The predicted molar refractivity (Wildman–Crippen MR) is 41.0 cm³/mol. The third-order valence-corrected chi connectivity index (χ3v) is 1.77. The lowest BCUT2D eigenvalue weighted by Gasteiger charge is -2.15. The molecule has 1 N–H and O–H groups in total. The highest BCUT2D eigenvalue weighted by atomic mass is 15.0. The average Bonchev–Trinajstić information content (AvgIpc) is 1.88. The quantitative estimate of drug-likeness (QED) is 0.538. The largest absolute Gasteiger partial charge is 0.209 e. The van der Waals surface area contributed by atoms with E-state index in [1.54, 1.807) is 0 Å². The van der Waals surface area contributed by atoms with Gasteiger partial charge in [-0.25, -0.2) is 5.53 Å². The summed E-state index contributed by atoms with van der Waals surface area (Å²) in [6.45, 7) is 4.14.